The molecule has 0 spiro atoms. The molecule has 0 amide bonds. The van der Waals surface area contributed by atoms with E-state index < -0.39 is 17.3 Å². The van der Waals surface area contributed by atoms with Crippen LogP contribution in [0.15, 0.2) is 18.2 Å². The van der Waals surface area contributed by atoms with Crippen molar-refractivity contribution in [2.45, 2.75) is 25.6 Å². The van der Waals surface area contributed by atoms with E-state index in [2.05, 4.69) is 5.32 Å². The first kappa shape index (κ1) is 14.0. The third-order valence-corrected chi connectivity index (χ3v) is 2.93. The maximum absolute atomic E-state index is 13.1. The Kier molecular flexibility index (Phi) is 3.38. The van der Waals surface area contributed by atoms with Crippen LogP contribution in [-0.4, -0.2) is 30.3 Å². The Labute approximate surface area is 110 Å². The van der Waals surface area contributed by atoms with Crippen molar-refractivity contribution in [1.82, 2.24) is 0 Å². The summed E-state index contributed by atoms with van der Waals surface area (Å²) in [6.07, 6.45) is -4.40. The minimum absolute atomic E-state index is 0.128. The second-order valence-corrected chi connectivity index (χ2v) is 5.36. The SMILES string of the molecule is CC(C)(O)CN1CCNc2cccc(C(F)(F)F)c21. The van der Waals surface area contributed by atoms with Crippen molar-refractivity contribution in [2.24, 2.45) is 0 Å². The van der Waals surface area contributed by atoms with Gasteiger partial charge in [0.25, 0.3) is 0 Å². The molecule has 1 aliphatic rings. The molecule has 0 atom stereocenters. The van der Waals surface area contributed by atoms with Crippen molar-refractivity contribution >= 4 is 11.4 Å². The van der Waals surface area contributed by atoms with Crippen LogP contribution in [0.1, 0.15) is 19.4 Å². The van der Waals surface area contributed by atoms with E-state index in [0.29, 0.717) is 18.8 Å². The highest BCUT2D eigenvalue weighted by molar-refractivity contribution is 5.76. The second kappa shape index (κ2) is 4.59. The number of alkyl halides is 3. The number of nitrogens with one attached hydrogen (secondary N) is 1. The molecule has 2 N–H and O–H groups in total. The lowest BCUT2D eigenvalue weighted by molar-refractivity contribution is -0.137. The summed E-state index contributed by atoms with van der Waals surface area (Å²) in [7, 11) is 0. The fraction of sp³-hybridized carbons (Fsp3) is 0.538. The minimum Gasteiger partial charge on any atom is -0.389 e. The molecule has 19 heavy (non-hydrogen) atoms. The van der Waals surface area contributed by atoms with Crippen molar-refractivity contribution in [3.63, 3.8) is 0 Å². The largest absolute Gasteiger partial charge is 0.418 e. The Morgan fingerprint density at radius 3 is 2.58 bits per heavy atom. The van der Waals surface area contributed by atoms with Gasteiger partial charge in [-0.2, -0.15) is 13.2 Å². The summed E-state index contributed by atoms with van der Waals surface area (Å²) in [4.78, 5) is 1.59. The van der Waals surface area contributed by atoms with Crippen LogP contribution in [0.4, 0.5) is 24.5 Å². The highest BCUT2D eigenvalue weighted by Gasteiger charge is 2.37. The van der Waals surface area contributed by atoms with Gasteiger partial charge in [-0.15, -0.1) is 0 Å². The summed E-state index contributed by atoms with van der Waals surface area (Å²) in [6.45, 7) is 4.33. The predicted molar refractivity (Wildman–Crippen MR) is 68.4 cm³/mol. The smallest absolute Gasteiger partial charge is 0.389 e. The maximum atomic E-state index is 13.1. The normalized spacial score (nSPS) is 16.0. The van der Waals surface area contributed by atoms with Crippen molar-refractivity contribution in [3.05, 3.63) is 23.8 Å². The van der Waals surface area contributed by atoms with E-state index in [-0.39, 0.29) is 12.2 Å². The van der Waals surface area contributed by atoms with Crippen molar-refractivity contribution in [1.29, 1.82) is 0 Å². The molecule has 106 valence electrons. The van der Waals surface area contributed by atoms with Gasteiger partial charge in [0.2, 0.25) is 0 Å². The number of hydrogen-bond acceptors (Lipinski definition) is 3. The lowest BCUT2D eigenvalue weighted by Crippen LogP contribution is -2.44. The van der Waals surface area contributed by atoms with Crippen LogP contribution in [0.3, 0.4) is 0 Å². The first-order chi connectivity index (χ1) is 8.68. The number of hydrogen-bond donors (Lipinski definition) is 2. The van der Waals surface area contributed by atoms with Crippen LogP contribution >= 0.6 is 0 Å². The molecule has 1 heterocycles. The van der Waals surface area contributed by atoms with E-state index in [4.69, 9.17) is 0 Å². The predicted octanol–water partition coefficient (Wildman–Crippen LogP) is 2.71. The number of fused-ring (bicyclic) bond motifs is 1. The number of nitrogens with zero attached hydrogens (tertiary/aromatic N) is 1. The molecule has 0 aromatic heterocycles. The fourth-order valence-corrected chi connectivity index (χ4v) is 2.32. The Balaban J connectivity index is 2.46. The molecule has 0 unspecified atom stereocenters. The zero-order chi connectivity index (χ0) is 14.3. The molecule has 0 saturated heterocycles. The maximum Gasteiger partial charge on any atom is 0.418 e. The van der Waals surface area contributed by atoms with E-state index in [1.165, 1.54) is 6.07 Å². The van der Waals surface area contributed by atoms with Gasteiger partial charge in [-0.05, 0) is 26.0 Å². The number of anilines is 2. The lowest BCUT2D eigenvalue weighted by atomic mass is 10.0. The summed E-state index contributed by atoms with van der Waals surface area (Å²) in [6, 6.07) is 4.09. The van der Waals surface area contributed by atoms with Gasteiger partial charge in [-0.3, -0.25) is 0 Å². The Morgan fingerprint density at radius 1 is 1.32 bits per heavy atom. The van der Waals surface area contributed by atoms with Crippen molar-refractivity contribution < 1.29 is 18.3 Å². The average Bonchev–Trinajstić information content (AvgIpc) is 2.25. The minimum atomic E-state index is -4.40. The number of aliphatic hydroxyl groups is 1. The highest BCUT2D eigenvalue weighted by atomic mass is 19.4. The first-order valence-electron chi connectivity index (χ1n) is 6.10. The molecular weight excluding hydrogens is 257 g/mol. The summed E-state index contributed by atoms with van der Waals surface area (Å²) in [5.74, 6) is 0. The molecule has 0 aliphatic carbocycles. The van der Waals surface area contributed by atoms with Gasteiger partial charge < -0.3 is 15.3 Å². The Morgan fingerprint density at radius 2 is 2.00 bits per heavy atom. The zero-order valence-corrected chi connectivity index (χ0v) is 10.9. The molecule has 0 radical (unpaired) electrons. The van der Waals surface area contributed by atoms with E-state index in [1.807, 2.05) is 0 Å². The zero-order valence-electron chi connectivity index (χ0n) is 10.9. The first-order valence-corrected chi connectivity index (χ1v) is 6.10. The van der Waals surface area contributed by atoms with E-state index in [9.17, 15) is 18.3 Å². The van der Waals surface area contributed by atoms with Crippen LogP contribution in [0.5, 0.6) is 0 Å². The molecule has 1 aromatic rings. The van der Waals surface area contributed by atoms with Crippen LogP contribution < -0.4 is 10.2 Å². The second-order valence-electron chi connectivity index (χ2n) is 5.36. The topological polar surface area (TPSA) is 35.5 Å². The fourth-order valence-electron chi connectivity index (χ4n) is 2.32. The molecule has 1 aromatic carbocycles. The summed E-state index contributed by atoms with van der Waals surface area (Å²) in [5, 5.41) is 12.8. The highest BCUT2D eigenvalue weighted by Crippen LogP contribution is 2.42. The summed E-state index contributed by atoms with van der Waals surface area (Å²) >= 11 is 0. The van der Waals surface area contributed by atoms with Crippen molar-refractivity contribution in [2.75, 3.05) is 29.9 Å². The Hall–Kier alpha value is -1.43. The van der Waals surface area contributed by atoms with Gasteiger partial charge in [-0.1, -0.05) is 6.07 Å². The van der Waals surface area contributed by atoms with Crippen LogP contribution in [0.25, 0.3) is 0 Å². The number of halogens is 3. The molecule has 0 bridgehead atoms. The van der Waals surface area contributed by atoms with E-state index in [1.54, 1.807) is 24.8 Å². The summed E-state index contributed by atoms with van der Waals surface area (Å²) < 4.78 is 39.2. The van der Waals surface area contributed by atoms with Crippen LogP contribution in [0, 0.1) is 0 Å². The van der Waals surface area contributed by atoms with Crippen LogP contribution in [-0.2, 0) is 6.18 Å². The van der Waals surface area contributed by atoms with Gasteiger partial charge in [0.15, 0.2) is 0 Å². The number of rotatable bonds is 2. The van der Waals surface area contributed by atoms with Gasteiger partial charge >= 0.3 is 6.18 Å². The number of benzene rings is 1. The lowest BCUT2D eigenvalue weighted by Gasteiger charge is -2.37. The van der Waals surface area contributed by atoms with Crippen LogP contribution in [0.2, 0.25) is 0 Å². The summed E-state index contributed by atoms with van der Waals surface area (Å²) in [5.41, 5.74) is -1.12. The monoisotopic (exact) mass is 274 g/mol. The van der Waals surface area contributed by atoms with Gasteiger partial charge in [0.05, 0.1) is 22.5 Å². The van der Waals surface area contributed by atoms with Gasteiger partial charge in [0, 0.05) is 19.6 Å². The molecule has 0 saturated carbocycles. The molecule has 3 nitrogen and oxygen atoms in total. The quantitative estimate of drug-likeness (QED) is 0.870. The third kappa shape index (κ3) is 3.12. The molecule has 0 fully saturated rings. The standard InChI is InChI=1S/C13H17F3N2O/c1-12(2,19)8-18-7-6-17-10-5-3-4-9(11(10)18)13(14,15)16/h3-5,17,19H,6-8H2,1-2H3. The molecule has 1 aliphatic heterocycles. The average molecular weight is 274 g/mol. The number of para-hydroxylation sites is 1. The number of β-amino-alcohol motifs (C(OH)–C–C–N with tert-alkyl or cyclic N) is 1. The van der Waals surface area contributed by atoms with Crippen molar-refractivity contribution in [3.8, 4) is 0 Å². The molecule has 2 rings (SSSR count). The van der Waals surface area contributed by atoms with Gasteiger partial charge in [0.1, 0.15) is 0 Å². The Bertz CT molecular complexity index is 466. The van der Waals surface area contributed by atoms with E-state index >= 15 is 0 Å². The molecule has 6 heteroatoms. The molecular formula is C13H17F3N2O. The van der Waals surface area contributed by atoms with E-state index in [0.717, 1.165) is 6.07 Å². The third-order valence-electron chi connectivity index (χ3n) is 2.93. The van der Waals surface area contributed by atoms with Gasteiger partial charge in [-0.25, -0.2) is 0 Å².